The molecule has 0 aromatic carbocycles. The molecule has 0 aromatic rings. The molecule has 1 fully saturated rings. The van der Waals surface area contributed by atoms with E-state index in [9.17, 15) is 14.4 Å². The van der Waals surface area contributed by atoms with E-state index in [1.54, 1.807) is 0 Å². The van der Waals surface area contributed by atoms with Crippen molar-refractivity contribution in [3.63, 3.8) is 0 Å². The number of nitrogens with two attached hydrogens (primary N) is 1. The zero-order valence-electron chi connectivity index (χ0n) is 10.1. The van der Waals surface area contributed by atoms with Crippen LogP contribution in [0, 0.1) is 0 Å². The van der Waals surface area contributed by atoms with Gasteiger partial charge in [-0.3, -0.25) is 0 Å². The van der Waals surface area contributed by atoms with Gasteiger partial charge in [-0.2, -0.15) is 0 Å². The van der Waals surface area contributed by atoms with Gasteiger partial charge < -0.3 is 25.8 Å². The third-order valence-electron chi connectivity index (χ3n) is 2.97. The predicted molar refractivity (Wildman–Crippen MR) is 60.9 cm³/mol. The van der Waals surface area contributed by atoms with E-state index in [0.717, 1.165) is 0 Å². The number of amides is 3. The third kappa shape index (κ3) is 3.02. The topological polar surface area (TPSA) is 122 Å². The summed E-state index contributed by atoms with van der Waals surface area (Å²) < 4.78 is 4.44. The number of carboxylic acids is 1. The van der Waals surface area contributed by atoms with Gasteiger partial charge in [0.1, 0.15) is 12.1 Å². The summed E-state index contributed by atoms with van der Waals surface area (Å²) >= 11 is 0. The van der Waals surface area contributed by atoms with Gasteiger partial charge in [0.2, 0.25) is 0 Å². The second kappa shape index (κ2) is 5.56. The Morgan fingerprint density at radius 2 is 2.17 bits per heavy atom. The number of carboxylic acid groups (broad SMARTS) is 1. The van der Waals surface area contributed by atoms with Crippen molar-refractivity contribution in [3.8, 4) is 0 Å². The molecule has 0 saturated carbocycles. The van der Waals surface area contributed by atoms with Gasteiger partial charge in [-0.25, -0.2) is 14.4 Å². The summed E-state index contributed by atoms with van der Waals surface area (Å²) in [4.78, 5) is 34.5. The van der Waals surface area contributed by atoms with Crippen molar-refractivity contribution in [1.29, 1.82) is 0 Å². The van der Waals surface area contributed by atoms with E-state index >= 15 is 0 Å². The molecule has 1 heterocycles. The quantitative estimate of drug-likeness (QED) is 0.600. The monoisotopic (exact) mass is 259 g/mol. The van der Waals surface area contributed by atoms with E-state index in [1.165, 1.54) is 11.8 Å². The van der Waals surface area contributed by atoms with Gasteiger partial charge in [-0.15, -0.1) is 0 Å². The van der Waals surface area contributed by atoms with Gasteiger partial charge in [0.15, 0.2) is 0 Å². The van der Waals surface area contributed by atoms with E-state index < -0.39 is 23.6 Å². The van der Waals surface area contributed by atoms with Crippen LogP contribution in [0.4, 0.5) is 9.59 Å². The molecule has 102 valence electrons. The second-order valence-corrected chi connectivity index (χ2v) is 4.23. The van der Waals surface area contributed by atoms with E-state index in [-0.39, 0.29) is 13.2 Å². The Hall–Kier alpha value is -1.99. The lowest BCUT2D eigenvalue weighted by Crippen LogP contribution is -2.54. The van der Waals surface area contributed by atoms with Crippen molar-refractivity contribution in [2.45, 2.75) is 25.3 Å². The molecular formula is C10H17N3O5. The van der Waals surface area contributed by atoms with Crippen molar-refractivity contribution in [2.24, 2.45) is 5.73 Å². The van der Waals surface area contributed by atoms with Crippen LogP contribution in [0.5, 0.6) is 0 Å². The minimum Gasteiger partial charge on any atom is -0.480 e. The van der Waals surface area contributed by atoms with Crippen LogP contribution in [-0.2, 0) is 9.53 Å². The fourth-order valence-electron chi connectivity index (χ4n) is 1.92. The normalized spacial score (nSPS) is 22.6. The van der Waals surface area contributed by atoms with Gasteiger partial charge in [-0.1, -0.05) is 0 Å². The Morgan fingerprint density at radius 1 is 1.50 bits per heavy atom. The van der Waals surface area contributed by atoms with Crippen LogP contribution in [0.2, 0.25) is 0 Å². The number of rotatable bonds is 4. The summed E-state index contributed by atoms with van der Waals surface area (Å²) in [6, 6.07) is -0.481. The summed E-state index contributed by atoms with van der Waals surface area (Å²) in [5, 5.41) is 11.6. The Morgan fingerprint density at radius 3 is 2.72 bits per heavy atom. The van der Waals surface area contributed by atoms with Gasteiger partial charge in [0.25, 0.3) is 0 Å². The minimum absolute atomic E-state index is 0.0430. The molecule has 0 radical (unpaired) electrons. The van der Waals surface area contributed by atoms with E-state index in [2.05, 4.69) is 10.1 Å². The van der Waals surface area contributed by atoms with Gasteiger partial charge in [-0.05, 0) is 19.8 Å². The van der Waals surface area contributed by atoms with E-state index in [0.29, 0.717) is 19.4 Å². The Labute approximate surface area is 104 Å². The number of likely N-dealkylation sites (tertiary alicyclic amines) is 1. The number of carbonyl (C=O) groups is 3. The minimum atomic E-state index is -1.17. The maximum atomic E-state index is 11.8. The highest BCUT2D eigenvalue weighted by Gasteiger charge is 2.45. The zero-order chi connectivity index (χ0) is 13.8. The Bertz CT molecular complexity index is 359. The van der Waals surface area contributed by atoms with Gasteiger partial charge in [0.05, 0.1) is 6.54 Å². The highest BCUT2D eigenvalue weighted by atomic mass is 16.5. The summed E-state index contributed by atoms with van der Waals surface area (Å²) in [5.74, 6) is -1.02. The van der Waals surface area contributed by atoms with Crippen LogP contribution in [-0.4, -0.2) is 53.3 Å². The SMILES string of the molecule is CC1(C(=O)O)CCCN1C(=O)NCCOC(N)=O. The number of hydrogen-bond donors (Lipinski definition) is 3. The summed E-state index contributed by atoms with van der Waals surface area (Å²) in [7, 11) is 0. The molecule has 1 saturated heterocycles. The van der Waals surface area contributed by atoms with Crippen LogP contribution in [0.3, 0.4) is 0 Å². The van der Waals surface area contributed by atoms with Crippen molar-refractivity contribution in [3.05, 3.63) is 0 Å². The smallest absolute Gasteiger partial charge is 0.404 e. The number of aliphatic carboxylic acids is 1. The van der Waals surface area contributed by atoms with Crippen LogP contribution < -0.4 is 11.1 Å². The summed E-state index contributed by atoms with van der Waals surface area (Å²) in [5.41, 5.74) is 3.58. The first-order valence-electron chi connectivity index (χ1n) is 5.59. The number of ether oxygens (including phenoxy) is 1. The number of primary amides is 1. The number of carbonyl (C=O) groups excluding carboxylic acids is 2. The molecule has 0 bridgehead atoms. The Balaban J connectivity index is 2.46. The number of hydrogen-bond acceptors (Lipinski definition) is 4. The molecule has 4 N–H and O–H groups in total. The van der Waals surface area contributed by atoms with Gasteiger partial charge >= 0.3 is 18.1 Å². The largest absolute Gasteiger partial charge is 0.480 e. The molecule has 1 aliphatic rings. The average molecular weight is 259 g/mol. The van der Waals surface area contributed by atoms with Crippen LogP contribution in [0.15, 0.2) is 0 Å². The molecule has 1 unspecified atom stereocenters. The van der Waals surface area contributed by atoms with Crippen molar-refractivity contribution >= 4 is 18.1 Å². The molecule has 8 heteroatoms. The Kier molecular flexibility index (Phi) is 4.35. The molecule has 0 aliphatic carbocycles. The van der Waals surface area contributed by atoms with Crippen molar-refractivity contribution in [1.82, 2.24) is 10.2 Å². The molecule has 0 aromatic heterocycles. The van der Waals surface area contributed by atoms with Crippen molar-refractivity contribution in [2.75, 3.05) is 19.7 Å². The van der Waals surface area contributed by atoms with Crippen LogP contribution in [0.1, 0.15) is 19.8 Å². The molecule has 1 rings (SSSR count). The average Bonchev–Trinajstić information content (AvgIpc) is 2.67. The molecular weight excluding hydrogens is 242 g/mol. The highest BCUT2D eigenvalue weighted by molar-refractivity contribution is 5.86. The first kappa shape index (κ1) is 14.1. The zero-order valence-corrected chi connectivity index (χ0v) is 10.1. The highest BCUT2D eigenvalue weighted by Crippen LogP contribution is 2.28. The number of nitrogens with one attached hydrogen (secondary N) is 1. The fraction of sp³-hybridized carbons (Fsp3) is 0.700. The number of urea groups is 1. The molecule has 18 heavy (non-hydrogen) atoms. The third-order valence-corrected chi connectivity index (χ3v) is 2.97. The first-order chi connectivity index (χ1) is 8.38. The second-order valence-electron chi connectivity index (χ2n) is 4.23. The molecule has 8 nitrogen and oxygen atoms in total. The van der Waals surface area contributed by atoms with Crippen LogP contribution >= 0.6 is 0 Å². The number of nitrogens with zero attached hydrogens (tertiary/aromatic N) is 1. The molecule has 3 amide bonds. The molecule has 1 atom stereocenters. The summed E-state index contributed by atoms with van der Waals surface area (Å²) in [6.07, 6.45) is 0.155. The predicted octanol–water partition coefficient (Wildman–Crippen LogP) is -0.270. The maximum absolute atomic E-state index is 11.8. The van der Waals surface area contributed by atoms with Crippen LogP contribution in [0.25, 0.3) is 0 Å². The lowest BCUT2D eigenvalue weighted by Gasteiger charge is -2.31. The van der Waals surface area contributed by atoms with Crippen molar-refractivity contribution < 1.29 is 24.2 Å². The summed E-state index contributed by atoms with van der Waals surface area (Å²) in [6.45, 7) is 1.96. The lowest BCUT2D eigenvalue weighted by molar-refractivity contribution is -0.147. The maximum Gasteiger partial charge on any atom is 0.404 e. The standard InChI is InChI=1S/C10H17N3O5/c1-10(7(14)15)3-2-5-13(10)9(17)12-4-6-18-8(11)16/h2-6H2,1H3,(H2,11,16)(H,12,17)(H,14,15). The van der Waals surface area contributed by atoms with Gasteiger partial charge in [0, 0.05) is 6.54 Å². The fourth-order valence-corrected chi connectivity index (χ4v) is 1.92. The van der Waals surface area contributed by atoms with E-state index in [1.807, 2.05) is 0 Å². The first-order valence-corrected chi connectivity index (χ1v) is 5.59. The molecule has 1 aliphatic heterocycles. The van der Waals surface area contributed by atoms with E-state index in [4.69, 9.17) is 10.8 Å². The lowest BCUT2D eigenvalue weighted by atomic mass is 10.00. The molecule has 0 spiro atoms.